The van der Waals surface area contributed by atoms with Crippen molar-refractivity contribution in [1.82, 2.24) is 4.90 Å². The summed E-state index contributed by atoms with van der Waals surface area (Å²) in [4.78, 5) is 7.37. The molecular formula is C20H27Cl2N3. The van der Waals surface area contributed by atoms with Crippen molar-refractivity contribution < 1.29 is 0 Å². The molecule has 0 aliphatic carbocycles. The third-order valence-electron chi connectivity index (χ3n) is 4.99. The van der Waals surface area contributed by atoms with Crippen molar-refractivity contribution in [3.8, 4) is 0 Å². The highest BCUT2D eigenvalue weighted by Gasteiger charge is 2.29. The first kappa shape index (κ1) is 19.9. The normalized spacial score (nSPS) is 14.4. The molecule has 25 heavy (non-hydrogen) atoms. The average Bonchev–Trinajstić information content (AvgIpc) is 2.92. The molecule has 2 aromatic rings. The largest absolute Gasteiger partial charge is 0.365 e. The van der Waals surface area contributed by atoms with Gasteiger partial charge >= 0.3 is 0 Å². The van der Waals surface area contributed by atoms with E-state index in [2.05, 4.69) is 71.3 Å². The maximum absolute atomic E-state index is 2.56. The molecule has 0 saturated heterocycles. The zero-order valence-corrected chi connectivity index (χ0v) is 16.6. The summed E-state index contributed by atoms with van der Waals surface area (Å²) in [5, 5.41) is 0. The Labute approximate surface area is 163 Å². The molecule has 2 heterocycles. The van der Waals surface area contributed by atoms with Crippen molar-refractivity contribution in [3.63, 3.8) is 0 Å². The van der Waals surface area contributed by atoms with Gasteiger partial charge in [0.15, 0.2) is 0 Å². The van der Waals surface area contributed by atoms with Crippen molar-refractivity contribution in [1.29, 1.82) is 0 Å². The molecule has 2 aromatic carbocycles. The molecule has 2 aliphatic rings. The molecule has 0 amide bonds. The smallest absolute Gasteiger partial charge is 0.0648 e. The summed E-state index contributed by atoms with van der Waals surface area (Å²) in [7, 11) is 4.30. The first-order valence-electron chi connectivity index (χ1n) is 8.61. The van der Waals surface area contributed by atoms with Crippen molar-refractivity contribution in [2.75, 3.05) is 43.5 Å². The van der Waals surface area contributed by atoms with Gasteiger partial charge in [0.1, 0.15) is 0 Å². The predicted octanol–water partition coefficient (Wildman–Crippen LogP) is 4.50. The molecule has 4 rings (SSSR count). The summed E-state index contributed by atoms with van der Waals surface area (Å²) >= 11 is 0. The lowest BCUT2D eigenvalue weighted by atomic mass is 10.1. The Morgan fingerprint density at radius 1 is 0.920 bits per heavy atom. The van der Waals surface area contributed by atoms with Gasteiger partial charge in [-0.15, -0.1) is 24.8 Å². The van der Waals surface area contributed by atoms with Crippen LogP contribution in [-0.4, -0.2) is 38.6 Å². The maximum atomic E-state index is 2.56. The molecule has 0 spiro atoms. The van der Waals surface area contributed by atoms with Crippen LogP contribution in [-0.2, 0) is 13.0 Å². The van der Waals surface area contributed by atoms with Gasteiger partial charge in [-0.3, -0.25) is 0 Å². The Balaban J connectivity index is 0.00000113. The SMILES string of the molecule is CN(C)CCCN1Cc2cccc3c2N(CC3)c2ccccc21.Cl.Cl. The van der Waals surface area contributed by atoms with E-state index < -0.39 is 0 Å². The number of benzene rings is 2. The molecule has 5 heteroatoms. The third kappa shape index (κ3) is 3.74. The number of hydrogen-bond acceptors (Lipinski definition) is 3. The van der Waals surface area contributed by atoms with Crippen LogP contribution < -0.4 is 9.80 Å². The summed E-state index contributed by atoms with van der Waals surface area (Å²) in [6.07, 6.45) is 2.36. The molecule has 0 unspecified atom stereocenters. The van der Waals surface area contributed by atoms with Gasteiger partial charge in [0, 0.05) is 25.3 Å². The number of para-hydroxylation sites is 3. The minimum absolute atomic E-state index is 0. The van der Waals surface area contributed by atoms with Gasteiger partial charge < -0.3 is 14.7 Å². The third-order valence-corrected chi connectivity index (χ3v) is 4.99. The zero-order valence-electron chi connectivity index (χ0n) is 14.9. The quantitative estimate of drug-likeness (QED) is 0.774. The molecule has 136 valence electrons. The van der Waals surface area contributed by atoms with Gasteiger partial charge in [-0.1, -0.05) is 30.3 Å². The molecule has 3 nitrogen and oxygen atoms in total. The van der Waals surface area contributed by atoms with E-state index >= 15 is 0 Å². The minimum Gasteiger partial charge on any atom is -0.365 e. The lowest BCUT2D eigenvalue weighted by Gasteiger charge is -2.27. The van der Waals surface area contributed by atoms with E-state index in [-0.39, 0.29) is 24.8 Å². The molecular weight excluding hydrogens is 353 g/mol. The van der Waals surface area contributed by atoms with Crippen LogP contribution in [0.15, 0.2) is 42.5 Å². The van der Waals surface area contributed by atoms with Gasteiger partial charge in [-0.2, -0.15) is 0 Å². The van der Waals surface area contributed by atoms with Crippen LogP contribution in [0, 0.1) is 0 Å². The first-order valence-corrected chi connectivity index (χ1v) is 8.61. The Bertz CT molecular complexity index is 718. The number of fused-ring (bicyclic) bond motifs is 2. The van der Waals surface area contributed by atoms with Crippen molar-refractivity contribution in [2.24, 2.45) is 0 Å². The fraction of sp³-hybridized carbons (Fsp3) is 0.400. The number of rotatable bonds is 4. The van der Waals surface area contributed by atoms with E-state index in [4.69, 9.17) is 0 Å². The van der Waals surface area contributed by atoms with Crippen LogP contribution in [0.25, 0.3) is 0 Å². The van der Waals surface area contributed by atoms with E-state index in [1.54, 1.807) is 0 Å². The number of halogens is 2. The Morgan fingerprint density at radius 2 is 1.64 bits per heavy atom. The summed E-state index contributed by atoms with van der Waals surface area (Å²) in [5.41, 5.74) is 7.21. The lowest BCUT2D eigenvalue weighted by molar-refractivity contribution is 0.400. The van der Waals surface area contributed by atoms with Gasteiger partial charge in [0.25, 0.3) is 0 Å². The second kappa shape index (κ2) is 8.31. The zero-order chi connectivity index (χ0) is 15.8. The molecule has 2 aliphatic heterocycles. The highest BCUT2D eigenvalue weighted by atomic mass is 35.5. The summed E-state index contributed by atoms with van der Waals surface area (Å²) < 4.78 is 0. The highest BCUT2D eigenvalue weighted by molar-refractivity contribution is 5.86. The highest BCUT2D eigenvalue weighted by Crippen LogP contribution is 2.45. The molecule has 0 atom stereocenters. The fourth-order valence-electron chi connectivity index (χ4n) is 3.93. The van der Waals surface area contributed by atoms with Gasteiger partial charge in [-0.25, -0.2) is 0 Å². The maximum Gasteiger partial charge on any atom is 0.0648 e. The van der Waals surface area contributed by atoms with E-state index in [1.807, 2.05) is 0 Å². The first-order chi connectivity index (χ1) is 11.2. The molecule has 0 aromatic heterocycles. The van der Waals surface area contributed by atoms with Gasteiger partial charge in [0.05, 0.1) is 11.4 Å². The molecule has 0 radical (unpaired) electrons. The van der Waals surface area contributed by atoms with Crippen LogP contribution in [0.1, 0.15) is 17.5 Å². The standard InChI is InChI=1S/C20H25N3.2ClH/c1-21(2)12-6-13-22-15-17-8-5-7-16-11-14-23(20(16)17)19-10-4-3-9-18(19)22;;/h3-5,7-10H,6,11-15H2,1-2H3;2*1H. The van der Waals surface area contributed by atoms with E-state index in [0.29, 0.717) is 0 Å². The van der Waals surface area contributed by atoms with E-state index in [9.17, 15) is 0 Å². The van der Waals surface area contributed by atoms with Crippen LogP contribution >= 0.6 is 24.8 Å². The fourth-order valence-corrected chi connectivity index (χ4v) is 3.93. The van der Waals surface area contributed by atoms with Crippen LogP contribution in [0.5, 0.6) is 0 Å². The van der Waals surface area contributed by atoms with Crippen molar-refractivity contribution in [3.05, 3.63) is 53.6 Å². The van der Waals surface area contributed by atoms with Crippen molar-refractivity contribution in [2.45, 2.75) is 19.4 Å². The Morgan fingerprint density at radius 3 is 2.40 bits per heavy atom. The molecule has 0 N–H and O–H groups in total. The average molecular weight is 380 g/mol. The van der Waals surface area contributed by atoms with E-state index in [0.717, 1.165) is 32.6 Å². The monoisotopic (exact) mass is 379 g/mol. The topological polar surface area (TPSA) is 9.72 Å². The second-order valence-corrected chi connectivity index (χ2v) is 6.89. The summed E-state index contributed by atoms with van der Waals surface area (Å²) in [6, 6.07) is 15.7. The van der Waals surface area contributed by atoms with Crippen LogP contribution in [0.4, 0.5) is 17.1 Å². The van der Waals surface area contributed by atoms with Crippen LogP contribution in [0.3, 0.4) is 0 Å². The summed E-state index contributed by atoms with van der Waals surface area (Å²) in [6.45, 7) is 4.36. The number of anilines is 3. The Hall–Kier alpha value is -1.42. The molecule has 0 saturated carbocycles. The number of hydrogen-bond donors (Lipinski definition) is 0. The summed E-state index contributed by atoms with van der Waals surface area (Å²) in [5.74, 6) is 0. The molecule has 0 bridgehead atoms. The minimum atomic E-state index is 0. The van der Waals surface area contributed by atoms with E-state index in [1.165, 1.54) is 34.6 Å². The van der Waals surface area contributed by atoms with Crippen LogP contribution in [0.2, 0.25) is 0 Å². The predicted molar refractivity (Wildman–Crippen MR) is 112 cm³/mol. The van der Waals surface area contributed by atoms with Gasteiger partial charge in [-0.05, 0) is 56.7 Å². The molecule has 0 fully saturated rings. The Kier molecular flexibility index (Phi) is 6.61. The lowest BCUT2D eigenvalue weighted by Crippen LogP contribution is -2.26. The van der Waals surface area contributed by atoms with Crippen molar-refractivity contribution >= 4 is 41.9 Å². The second-order valence-electron chi connectivity index (χ2n) is 6.89. The van der Waals surface area contributed by atoms with Gasteiger partial charge in [0.2, 0.25) is 0 Å². The number of nitrogens with zero attached hydrogens (tertiary/aromatic N) is 3.